The van der Waals surface area contributed by atoms with Gasteiger partial charge in [-0.05, 0) is 37.5 Å². The Hall–Kier alpha value is -2.33. The smallest absolute Gasteiger partial charge is 0.367 e. The van der Waals surface area contributed by atoms with Crippen LogP contribution in [0.1, 0.15) is 69.9 Å². The topological polar surface area (TPSA) is 35.5 Å². The first-order chi connectivity index (χ1) is 15.4. The molecule has 32 heavy (non-hydrogen) atoms. The van der Waals surface area contributed by atoms with E-state index in [9.17, 15) is 4.79 Å². The normalized spacial score (nSPS) is 12.4. The number of esters is 1. The number of quaternary nitrogens is 1. The molecule has 2 aromatic rings. The third kappa shape index (κ3) is 9.44. The van der Waals surface area contributed by atoms with E-state index in [4.69, 9.17) is 9.47 Å². The van der Waals surface area contributed by atoms with Crippen molar-refractivity contribution in [2.75, 3.05) is 20.9 Å². The van der Waals surface area contributed by atoms with Gasteiger partial charge in [0.2, 0.25) is 6.79 Å². The van der Waals surface area contributed by atoms with Gasteiger partial charge in [0, 0.05) is 5.56 Å². The lowest BCUT2D eigenvalue weighted by Crippen LogP contribution is -2.51. The molecule has 4 heteroatoms. The Morgan fingerprint density at radius 2 is 1.47 bits per heavy atom. The first kappa shape index (κ1) is 25.9. The summed E-state index contributed by atoms with van der Waals surface area (Å²) in [7, 11) is 4.09. The third-order valence-electron chi connectivity index (χ3n) is 6.24. The van der Waals surface area contributed by atoms with Crippen molar-refractivity contribution >= 4 is 5.97 Å². The lowest BCUT2D eigenvalue weighted by atomic mass is 10.0. The molecule has 0 heterocycles. The Kier molecular flexibility index (Phi) is 11.3. The largest absolute Gasteiger partial charge is 0.457 e. The Balaban J connectivity index is 1.67. The number of nitrogens with zero attached hydrogens (tertiary/aromatic N) is 1. The first-order valence-electron chi connectivity index (χ1n) is 12.2. The zero-order valence-corrected chi connectivity index (χ0v) is 20.5. The summed E-state index contributed by atoms with van der Waals surface area (Å²) in [6, 6.07) is 18.1. The van der Waals surface area contributed by atoms with Crippen molar-refractivity contribution in [3.63, 3.8) is 0 Å². The minimum atomic E-state index is -0.289. The number of carbonyl (C=O) groups excluding carboxylic acids is 1. The van der Waals surface area contributed by atoms with Gasteiger partial charge in [-0.15, -0.1) is 0 Å². The van der Waals surface area contributed by atoms with E-state index in [2.05, 4.69) is 31.2 Å². The second kappa shape index (κ2) is 13.9. The lowest BCUT2D eigenvalue weighted by Gasteiger charge is -2.34. The molecule has 0 saturated carbocycles. The van der Waals surface area contributed by atoms with E-state index in [0.717, 1.165) is 18.7 Å². The Morgan fingerprint density at radius 3 is 2.12 bits per heavy atom. The van der Waals surface area contributed by atoms with Gasteiger partial charge in [0.15, 0.2) is 6.04 Å². The van der Waals surface area contributed by atoms with Gasteiger partial charge in [-0.1, -0.05) is 87.9 Å². The zero-order valence-electron chi connectivity index (χ0n) is 20.5. The number of rotatable bonds is 15. The molecule has 0 fully saturated rings. The molecule has 1 atom stereocenters. The van der Waals surface area contributed by atoms with E-state index >= 15 is 0 Å². The second-order valence-electron chi connectivity index (χ2n) is 9.34. The molecular weight excluding hydrogens is 398 g/mol. The third-order valence-corrected chi connectivity index (χ3v) is 6.24. The lowest BCUT2D eigenvalue weighted by molar-refractivity contribution is -0.917. The number of unbranched alkanes of at least 4 members (excludes halogenated alkanes) is 6. The molecule has 0 saturated heterocycles. The SMILES string of the molecule is CCCCCCCCCc1ccc(OCOC(=O)C(C)[N+](C)(C)Cc2ccccc2)cc1. The molecule has 0 spiro atoms. The van der Waals surface area contributed by atoms with E-state index < -0.39 is 0 Å². The highest BCUT2D eigenvalue weighted by Crippen LogP contribution is 2.17. The second-order valence-corrected chi connectivity index (χ2v) is 9.34. The molecule has 0 aliphatic rings. The van der Waals surface area contributed by atoms with E-state index in [1.54, 1.807) is 0 Å². The highest BCUT2D eigenvalue weighted by molar-refractivity contribution is 5.74. The van der Waals surface area contributed by atoms with Crippen molar-refractivity contribution in [3.8, 4) is 5.75 Å². The first-order valence-corrected chi connectivity index (χ1v) is 12.2. The van der Waals surface area contributed by atoms with E-state index in [1.165, 1.54) is 56.1 Å². The van der Waals surface area contributed by atoms with Crippen molar-refractivity contribution in [2.24, 2.45) is 0 Å². The fraction of sp³-hybridized carbons (Fsp3) is 0.536. The zero-order chi connectivity index (χ0) is 23.2. The summed E-state index contributed by atoms with van der Waals surface area (Å²) in [6.07, 6.45) is 10.4. The molecular formula is C28H42NO3+. The molecule has 2 rings (SSSR count). The standard InChI is InChI=1S/C28H42NO3/c1-5-6-7-8-9-10-12-15-25-18-20-27(21-19-25)31-23-32-28(30)24(2)29(3,4)22-26-16-13-11-14-17-26/h11,13-14,16-21,24H,5-10,12,15,22-23H2,1-4H3/q+1. The van der Waals surface area contributed by atoms with Crippen LogP contribution >= 0.6 is 0 Å². The highest BCUT2D eigenvalue weighted by atomic mass is 16.7. The molecule has 4 nitrogen and oxygen atoms in total. The molecule has 0 amide bonds. The van der Waals surface area contributed by atoms with Crippen molar-refractivity contribution in [2.45, 2.75) is 77.8 Å². The summed E-state index contributed by atoms with van der Waals surface area (Å²) in [6.45, 7) is 4.86. The summed E-state index contributed by atoms with van der Waals surface area (Å²) in [5, 5.41) is 0. The molecule has 0 aromatic heterocycles. The van der Waals surface area contributed by atoms with Crippen LogP contribution in [-0.4, -0.2) is 37.4 Å². The van der Waals surface area contributed by atoms with E-state index in [-0.39, 0.29) is 18.8 Å². The fourth-order valence-corrected chi connectivity index (χ4v) is 3.79. The molecule has 0 radical (unpaired) electrons. The molecule has 1 unspecified atom stereocenters. The van der Waals surface area contributed by atoms with Crippen molar-refractivity contribution in [1.82, 2.24) is 0 Å². The van der Waals surface area contributed by atoms with Crippen LogP contribution in [0, 0.1) is 0 Å². The maximum atomic E-state index is 12.5. The van der Waals surface area contributed by atoms with Crippen LogP contribution in [0.2, 0.25) is 0 Å². The van der Waals surface area contributed by atoms with Crippen LogP contribution in [0.3, 0.4) is 0 Å². The Morgan fingerprint density at radius 1 is 0.844 bits per heavy atom. The summed E-state index contributed by atoms with van der Waals surface area (Å²) in [5.41, 5.74) is 2.53. The minimum absolute atomic E-state index is 0.0639. The maximum absolute atomic E-state index is 12.5. The summed E-state index contributed by atoms with van der Waals surface area (Å²) in [5.74, 6) is 0.480. The highest BCUT2D eigenvalue weighted by Gasteiger charge is 2.32. The average molecular weight is 441 g/mol. The number of ether oxygens (including phenoxy) is 2. The van der Waals surface area contributed by atoms with Gasteiger partial charge in [-0.3, -0.25) is 0 Å². The van der Waals surface area contributed by atoms with Crippen molar-refractivity contribution in [1.29, 1.82) is 0 Å². The molecule has 176 valence electrons. The maximum Gasteiger partial charge on any atom is 0.367 e. The van der Waals surface area contributed by atoms with Crippen molar-refractivity contribution in [3.05, 3.63) is 65.7 Å². The predicted octanol–water partition coefficient (Wildman–Crippen LogP) is 6.52. The van der Waals surface area contributed by atoms with Gasteiger partial charge in [0.25, 0.3) is 0 Å². The van der Waals surface area contributed by atoms with Crippen LogP contribution in [0.15, 0.2) is 54.6 Å². The van der Waals surface area contributed by atoms with Crippen LogP contribution in [0.25, 0.3) is 0 Å². The van der Waals surface area contributed by atoms with Gasteiger partial charge in [-0.25, -0.2) is 4.79 Å². The molecule has 0 bridgehead atoms. The summed E-state index contributed by atoms with van der Waals surface area (Å²) >= 11 is 0. The number of likely N-dealkylation sites (N-methyl/N-ethyl adjacent to an activating group) is 1. The summed E-state index contributed by atoms with van der Waals surface area (Å²) < 4.78 is 11.6. The summed E-state index contributed by atoms with van der Waals surface area (Å²) in [4.78, 5) is 12.5. The van der Waals surface area contributed by atoms with Gasteiger partial charge in [0.05, 0.1) is 14.1 Å². The van der Waals surface area contributed by atoms with Crippen LogP contribution in [0.4, 0.5) is 0 Å². The monoisotopic (exact) mass is 440 g/mol. The van der Waals surface area contributed by atoms with Gasteiger partial charge >= 0.3 is 5.97 Å². The Bertz CT molecular complexity index is 771. The van der Waals surface area contributed by atoms with E-state index in [1.807, 2.05) is 51.4 Å². The predicted molar refractivity (Wildman–Crippen MR) is 131 cm³/mol. The van der Waals surface area contributed by atoms with Crippen LogP contribution < -0.4 is 4.74 Å². The number of aryl methyl sites for hydroxylation is 1. The van der Waals surface area contributed by atoms with Gasteiger partial charge in [0.1, 0.15) is 12.3 Å². The van der Waals surface area contributed by atoms with Gasteiger partial charge in [-0.2, -0.15) is 0 Å². The molecule has 2 aromatic carbocycles. The molecule has 0 N–H and O–H groups in total. The molecule has 0 aliphatic carbocycles. The van der Waals surface area contributed by atoms with E-state index in [0.29, 0.717) is 4.48 Å². The number of hydrogen-bond donors (Lipinski definition) is 0. The van der Waals surface area contributed by atoms with Gasteiger partial charge < -0.3 is 14.0 Å². The van der Waals surface area contributed by atoms with Crippen molar-refractivity contribution < 1.29 is 18.8 Å². The van der Waals surface area contributed by atoms with Crippen LogP contribution in [-0.2, 0) is 22.5 Å². The molecule has 0 aliphatic heterocycles. The average Bonchev–Trinajstić information content (AvgIpc) is 2.79. The number of hydrogen-bond acceptors (Lipinski definition) is 3. The number of carbonyl (C=O) groups is 1. The minimum Gasteiger partial charge on any atom is -0.457 e. The fourth-order valence-electron chi connectivity index (χ4n) is 3.79. The number of benzene rings is 2. The van der Waals surface area contributed by atoms with Crippen LogP contribution in [0.5, 0.6) is 5.75 Å². The quantitative estimate of drug-likeness (QED) is 0.137. The Labute approximate surface area is 195 Å².